The summed E-state index contributed by atoms with van der Waals surface area (Å²) >= 11 is 0. The van der Waals surface area contributed by atoms with Gasteiger partial charge >= 0.3 is 0 Å². The van der Waals surface area contributed by atoms with Crippen LogP contribution < -0.4 is 0 Å². The van der Waals surface area contributed by atoms with E-state index in [1.165, 1.54) is 23.0 Å². The van der Waals surface area contributed by atoms with Gasteiger partial charge in [-0.25, -0.2) is 4.39 Å². The van der Waals surface area contributed by atoms with Crippen molar-refractivity contribution in [3.63, 3.8) is 0 Å². The van der Waals surface area contributed by atoms with E-state index < -0.39 is 23.3 Å². The summed E-state index contributed by atoms with van der Waals surface area (Å²) < 4.78 is 15.0. The second-order valence-corrected chi connectivity index (χ2v) is 3.54. The van der Waals surface area contributed by atoms with Gasteiger partial charge in [0, 0.05) is 22.9 Å². The first-order valence-corrected chi connectivity index (χ1v) is 5.04. The molecule has 1 aromatic carbocycles. The Morgan fingerprint density at radius 1 is 1.41 bits per heavy atom. The Labute approximate surface area is 96.6 Å². The summed E-state index contributed by atoms with van der Waals surface area (Å²) in [4.78, 5) is 10.2. The lowest BCUT2D eigenvalue weighted by molar-refractivity contribution is -0.484. The van der Waals surface area contributed by atoms with Gasteiger partial charge in [0.2, 0.25) is 6.54 Å². The molecule has 88 valence electrons. The third kappa shape index (κ3) is 2.47. The molecular weight excluding hydrogens is 225 g/mol. The number of hydrogen-bond donors (Lipinski definition) is 0. The van der Waals surface area contributed by atoms with Crippen LogP contribution >= 0.6 is 0 Å². The second-order valence-electron chi connectivity index (χ2n) is 3.54. The zero-order chi connectivity index (χ0) is 12.3. The summed E-state index contributed by atoms with van der Waals surface area (Å²) in [6.07, 6.45) is 3.09. The SMILES string of the molecule is O=[N+]([O-])CC(c1ccccc1F)n1cccn1. The standard InChI is InChI=1S/C11H10FN3O2/c12-10-5-2-1-4-9(10)11(8-15(16)17)14-7-3-6-13-14/h1-7,11H,8H2. The maximum atomic E-state index is 13.6. The van der Waals surface area contributed by atoms with Crippen molar-refractivity contribution >= 4 is 0 Å². The molecule has 0 saturated carbocycles. The number of rotatable bonds is 4. The van der Waals surface area contributed by atoms with Gasteiger partial charge in [-0.15, -0.1) is 0 Å². The fraction of sp³-hybridized carbons (Fsp3) is 0.182. The van der Waals surface area contributed by atoms with Crippen LogP contribution in [0.4, 0.5) is 4.39 Å². The lowest BCUT2D eigenvalue weighted by atomic mass is 10.1. The highest BCUT2D eigenvalue weighted by molar-refractivity contribution is 5.21. The predicted molar refractivity (Wildman–Crippen MR) is 58.6 cm³/mol. The van der Waals surface area contributed by atoms with Gasteiger partial charge < -0.3 is 0 Å². The average Bonchev–Trinajstić information content (AvgIpc) is 2.80. The van der Waals surface area contributed by atoms with E-state index in [2.05, 4.69) is 5.10 Å². The monoisotopic (exact) mass is 235 g/mol. The van der Waals surface area contributed by atoms with Gasteiger partial charge in [-0.3, -0.25) is 14.8 Å². The van der Waals surface area contributed by atoms with Crippen molar-refractivity contribution in [3.8, 4) is 0 Å². The summed E-state index contributed by atoms with van der Waals surface area (Å²) in [7, 11) is 0. The summed E-state index contributed by atoms with van der Waals surface area (Å²) in [6.45, 7) is -0.400. The summed E-state index contributed by atoms with van der Waals surface area (Å²) in [6, 6.07) is 6.94. The van der Waals surface area contributed by atoms with Crippen molar-refractivity contribution in [1.29, 1.82) is 0 Å². The fourth-order valence-corrected chi connectivity index (χ4v) is 1.68. The molecule has 0 amide bonds. The maximum Gasteiger partial charge on any atom is 0.230 e. The van der Waals surface area contributed by atoms with Gasteiger partial charge in [-0.1, -0.05) is 18.2 Å². The van der Waals surface area contributed by atoms with Crippen LogP contribution in [0.25, 0.3) is 0 Å². The molecule has 0 aliphatic heterocycles. The third-order valence-corrected chi connectivity index (χ3v) is 2.43. The van der Waals surface area contributed by atoms with Crippen LogP contribution in [0.1, 0.15) is 11.6 Å². The first-order chi connectivity index (χ1) is 8.18. The molecule has 0 spiro atoms. The van der Waals surface area contributed by atoms with Crippen LogP contribution in [0.15, 0.2) is 42.7 Å². The summed E-state index contributed by atoms with van der Waals surface area (Å²) in [5.74, 6) is -0.463. The number of aromatic nitrogens is 2. The molecule has 2 rings (SSSR count). The van der Waals surface area contributed by atoms with E-state index in [0.29, 0.717) is 0 Å². The molecule has 0 radical (unpaired) electrons. The van der Waals surface area contributed by atoms with Crippen molar-refractivity contribution in [1.82, 2.24) is 9.78 Å². The minimum Gasteiger partial charge on any atom is -0.264 e. The lowest BCUT2D eigenvalue weighted by Gasteiger charge is -2.14. The number of halogens is 1. The molecule has 0 N–H and O–H groups in total. The highest BCUT2D eigenvalue weighted by Crippen LogP contribution is 2.20. The van der Waals surface area contributed by atoms with E-state index in [1.54, 1.807) is 24.4 Å². The van der Waals surface area contributed by atoms with Gasteiger partial charge in [-0.2, -0.15) is 5.10 Å². The number of nitro groups is 1. The minimum atomic E-state index is -0.721. The number of nitrogens with zero attached hydrogens (tertiary/aromatic N) is 3. The molecule has 17 heavy (non-hydrogen) atoms. The zero-order valence-corrected chi connectivity index (χ0v) is 8.86. The van der Waals surface area contributed by atoms with Crippen molar-refractivity contribution in [2.24, 2.45) is 0 Å². The minimum absolute atomic E-state index is 0.271. The molecule has 1 unspecified atom stereocenters. The molecule has 5 nitrogen and oxygen atoms in total. The summed E-state index contributed by atoms with van der Waals surface area (Å²) in [5.41, 5.74) is 0.271. The van der Waals surface area contributed by atoms with E-state index in [1.807, 2.05) is 0 Å². The molecule has 1 aromatic heterocycles. The van der Waals surface area contributed by atoms with Gasteiger partial charge in [0.05, 0.1) is 0 Å². The Morgan fingerprint density at radius 2 is 2.18 bits per heavy atom. The fourth-order valence-electron chi connectivity index (χ4n) is 1.68. The highest BCUT2D eigenvalue weighted by Gasteiger charge is 2.22. The first kappa shape index (κ1) is 11.3. The lowest BCUT2D eigenvalue weighted by Crippen LogP contribution is -2.21. The molecule has 0 aliphatic carbocycles. The van der Waals surface area contributed by atoms with Crippen LogP contribution in [-0.2, 0) is 0 Å². The van der Waals surface area contributed by atoms with Crippen LogP contribution in [0, 0.1) is 15.9 Å². The third-order valence-electron chi connectivity index (χ3n) is 2.43. The van der Waals surface area contributed by atoms with Gasteiger partial charge in [0.15, 0.2) is 0 Å². The molecule has 1 atom stereocenters. The zero-order valence-electron chi connectivity index (χ0n) is 8.86. The molecule has 6 heteroatoms. The van der Waals surface area contributed by atoms with Crippen molar-refractivity contribution in [2.45, 2.75) is 6.04 Å². The van der Waals surface area contributed by atoms with Crippen LogP contribution in [0.2, 0.25) is 0 Å². The second kappa shape index (κ2) is 4.73. The quantitative estimate of drug-likeness (QED) is 0.600. The van der Waals surface area contributed by atoms with E-state index in [4.69, 9.17) is 0 Å². The Hall–Kier alpha value is -2.24. The predicted octanol–water partition coefficient (Wildman–Crippen LogP) is 1.89. The van der Waals surface area contributed by atoms with Crippen molar-refractivity contribution < 1.29 is 9.31 Å². The maximum absolute atomic E-state index is 13.6. The molecule has 0 saturated heterocycles. The van der Waals surface area contributed by atoms with Gasteiger partial charge in [0.25, 0.3) is 0 Å². The van der Waals surface area contributed by atoms with Crippen LogP contribution in [0.5, 0.6) is 0 Å². The topological polar surface area (TPSA) is 61.0 Å². The molecule has 0 fully saturated rings. The van der Waals surface area contributed by atoms with E-state index >= 15 is 0 Å². The Kier molecular flexibility index (Phi) is 3.13. The number of benzene rings is 1. The number of hydrogen-bond acceptors (Lipinski definition) is 3. The van der Waals surface area contributed by atoms with Crippen molar-refractivity contribution in [3.05, 3.63) is 64.2 Å². The van der Waals surface area contributed by atoms with E-state index in [-0.39, 0.29) is 5.56 Å². The molecule has 1 heterocycles. The molecular formula is C11H10FN3O2. The van der Waals surface area contributed by atoms with Gasteiger partial charge in [0.1, 0.15) is 11.9 Å². The summed E-state index contributed by atoms with van der Waals surface area (Å²) in [5, 5.41) is 14.6. The van der Waals surface area contributed by atoms with E-state index in [0.717, 1.165) is 0 Å². The Balaban J connectivity index is 2.41. The van der Waals surface area contributed by atoms with Crippen LogP contribution in [0.3, 0.4) is 0 Å². The molecule has 0 bridgehead atoms. The van der Waals surface area contributed by atoms with Crippen molar-refractivity contribution in [2.75, 3.05) is 6.54 Å². The molecule has 2 aromatic rings. The highest BCUT2D eigenvalue weighted by atomic mass is 19.1. The largest absolute Gasteiger partial charge is 0.264 e. The van der Waals surface area contributed by atoms with E-state index in [9.17, 15) is 14.5 Å². The average molecular weight is 235 g/mol. The van der Waals surface area contributed by atoms with Crippen LogP contribution in [-0.4, -0.2) is 21.2 Å². The Morgan fingerprint density at radius 3 is 2.76 bits per heavy atom. The smallest absolute Gasteiger partial charge is 0.230 e. The Bertz CT molecular complexity index is 513. The molecule has 0 aliphatic rings. The normalized spacial score (nSPS) is 12.3. The first-order valence-electron chi connectivity index (χ1n) is 5.04. The van der Waals surface area contributed by atoms with Gasteiger partial charge in [-0.05, 0) is 12.1 Å².